The van der Waals surface area contributed by atoms with Gasteiger partial charge in [0.15, 0.2) is 0 Å². The van der Waals surface area contributed by atoms with Crippen molar-refractivity contribution in [3.05, 3.63) is 15.8 Å². The van der Waals surface area contributed by atoms with Crippen LogP contribution in [0.5, 0.6) is 0 Å². The van der Waals surface area contributed by atoms with E-state index in [2.05, 4.69) is 29.4 Å². The van der Waals surface area contributed by atoms with E-state index in [4.69, 9.17) is 4.74 Å². The summed E-state index contributed by atoms with van der Waals surface area (Å²) in [5.74, 6) is 5.57. The number of nitrogens with one attached hydrogen (secondary N) is 2. The van der Waals surface area contributed by atoms with Crippen LogP contribution in [0.25, 0.3) is 0 Å². The van der Waals surface area contributed by atoms with Crippen LogP contribution in [0.1, 0.15) is 100 Å². The highest BCUT2D eigenvalue weighted by Gasteiger charge is 2.38. The van der Waals surface area contributed by atoms with Gasteiger partial charge in [0.1, 0.15) is 11.0 Å². The average molecular weight is 572 g/mol. The molecular formula is C30H41N3O6S. The second-order valence-corrected chi connectivity index (χ2v) is 13.5. The minimum atomic E-state index is -1.06. The lowest BCUT2D eigenvalue weighted by Gasteiger charge is -2.39. The molecule has 0 spiro atoms. The van der Waals surface area contributed by atoms with Crippen molar-refractivity contribution in [1.82, 2.24) is 10.6 Å². The topological polar surface area (TPSA) is 125 Å². The van der Waals surface area contributed by atoms with Gasteiger partial charge in [0.25, 0.3) is 0 Å². The van der Waals surface area contributed by atoms with E-state index in [0.29, 0.717) is 48.7 Å². The van der Waals surface area contributed by atoms with Gasteiger partial charge >= 0.3 is 12.1 Å². The van der Waals surface area contributed by atoms with Gasteiger partial charge in [-0.15, -0.1) is 11.3 Å². The Labute approximate surface area is 240 Å². The third-order valence-corrected chi connectivity index (χ3v) is 8.95. The number of anilines is 1. The van der Waals surface area contributed by atoms with Crippen molar-refractivity contribution in [1.29, 1.82) is 0 Å². The molecule has 1 aliphatic heterocycles. The summed E-state index contributed by atoms with van der Waals surface area (Å²) in [7, 11) is 0. The van der Waals surface area contributed by atoms with E-state index in [1.807, 2.05) is 20.8 Å². The minimum Gasteiger partial charge on any atom is -0.477 e. The molecule has 3 fully saturated rings. The van der Waals surface area contributed by atoms with E-state index in [1.54, 1.807) is 11.0 Å². The monoisotopic (exact) mass is 571 g/mol. The lowest BCUT2D eigenvalue weighted by molar-refractivity contribution is -0.124. The predicted molar refractivity (Wildman–Crippen MR) is 153 cm³/mol. The highest BCUT2D eigenvalue weighted by Crippen LogP contribution is 2.39. The zero-order valence-electron chi connectivity index (χ0n) is 23.9. The summed E-state index contributed by atoms with van der Waals surface area (Å²) in [5, 5.41) is 15.7. The van der Waals surface area contributed by atoms with E-state index in [1.165, 1.54) is 0 Å². The number of carbonyl (C=O) groups excluding carboxylic acids is 3. The van der Waals surface area contributed by atoms with E-state index in [0.717, 1.165) is 37.0 Å². The molecule has 218 valence electrons. The van der Waals surface area contributed by atoms with Crippen molar-refractivity contribution in [2.45, 2.75) is 104 Å². The summed E-state index contributed by atoms with van der Waals surface area (Å²) in [6, 6.07) is 1.49. The zero-order valence-corrected chi connectivity index (χ0v) is 24.7. The molecule has 3 aliphatic rings. The highest BCUT2D eigenvalue weighted by molar-refractivity contribution is 7.15. The molecule has 3 N–H and O–H groups in total. The predicted octanol–water partition coefficient (Wildman–Crippen LogP) is 4.93. The SMILES string of the molecule is CC(C)(C)C#Cc1cc(N(C(=O)[C@H]2CC[C@H](C)CC2)C2CCC(NC(=O)OC3CNC(=O)C3)CC2)c(C(=O)O)s1. The molecule has 1 aromatic rings. The number of nitrogens with zero attached hydrogens (tertiary/aromatic N) is 1. The van der Waals surface area contributed by atoms with Gasteiger partial charge in [-0.3, -0.25) is 9.59 Å². The molecular weight excluding hydrogens is 530 g/mol. The van der Waals surface area contributed by atoms with E-state index in [-0.39, 0.29) is 46.5 Å². The molecule has 40 heavy (non-hydrogen) atoms. The summed E-state index contributed by atoms with van der Waals surface area (Å²) >= 11 is 1.12. The van der Waals surface area contributed by atoms with Crippen LogP contribution in [0.15, 0.2) is 6.07 Å². The Hall–Kier alpha value is -3.06. The first-order valence-corrected chi connectivity index (χ1v) is 15.2. The van der Waals surface area contributed by atoms with Crippen LogP contribution in [0, 0.1) is 29.1 Å². The molecule has 4 rings (SSSR count). The molecule has 0 radical (unpaired) electrons. The summed E-state index contributed by atoms with van der Waals surface area (Å²) in [6.45, 7) is 8.53. The third-order valence-electron chi connectivity index (χ3n) is 7.93. The molecule has 1 atom stereocenters. The second kappa shape index (κ2) is 12.6. The maximum atomic E-state index is 14.1. The van der Waals surface area contributed by atoms with Crippen LogP contribution in [0.2, 0.25) is 0 Å². The van der Waals surface area contributed by atoms with Crippen molar-refractivity contribution < 1.29 is 29.0 Å². The first kappa shape index (κ1) is 29.9. The number of alkyl carbamates (subject to hydrolysis) is 1. The Balaban J connectivity index is 1.52. The summed E-state index contributed by atoms with van der Waals surface area (Å²) in [5.41, 5.74) is 0.201. The van der Waals surface area contributed by atoms with Crippen molar-refractivity contribution in [2.75, 3.05) is 11.4 Å². The molecule has 2 saturated carbocycles. The van der Waals surface area contributed by atoms with Gasteiger partial charge in [0.2, 0.25) is 11.8 Å². The molecule has 1 saturated heterocycles. The van der Waals surface area contributed by atoms with Crippen LogP contribution in [-0.4, -0.2) is 53.7 Å². The van der Waals surface area contributed by atoms with Crippen LogP contribution in [0.4, 0.5) is 10.5 Å². The summed E-state index contributed by atoms with van der Waals surface area (Å²) < 4.78 is 5.37. The standard InChI is InChI=1S/C30H41N3O6S/c1-18-5-7-19(8-6-18)27(35)33(24-16-23(13-14-30(2,3)4)40-26(24)28(36)37)21-11-9-20(10-12-21)32-29(38)39-22-15-25(34)31-17-22/h16,18-22H,5-12,15,17H2,1-4H3,(H,31,34)(H,32,38)(H,36,37)/t18-,19-,20?,21?,22?. The van der Waals surface area contributed by atoms with E-state index < -0.39 is 18.2 Å². The quantitative estimate of drug-likeness (QED) is 0.416. The van der Waals surface area contributed by atoms with Crippen molar-refractivity contribution in [3.63, 3.8) is 0 Å². The third kappa shape index (κ3) is 7.78. The van der Waals surface area contributed by atoms with Crippen LogP contribution < -0.4 is 15.5 Å². The molecule has 3 amide bonds. The van der Waals surface area contributed by atoms with E-state index in [9.17, 15) is 24.3 Å². The average Bonchev–Trinajstić information content (AvgIpc) is 3.50. The minimum absolute atomic E-state index is 0.00301. The van der Waals surface area contributed by atoms with Crippen LogP contribution in [0.3, 0.4) is 0 Å². The van der Waals surface area contributed by atoms with Gasteiger partial charge < -0.3 is 25.4 Å². The van der Waals surface area contributed by atoms with Crippen molar-refractivity contribution >= 4 is 40.9 Å². The van der Waals surface area contributed by atoms with Gasteiger partial charge in [0.05, 0.1) is 23.5 Å². The number of amides is 3. The lowest BCUT2D eigenvalue weighted by atomic mass is 9.81. The fourth-order valence-electron chi connectivity index (χ4n) is 5.72. The largest absolute Gasteiger partial charge is 0.477 e. The van der Waals surface area contributed by atoms with Crippen LogP contribution in [-0.2, 0) is 14.3 Å². The Morgan fingerprint density at radius 3 is 2.35 bits per heavy atom. The smallest absolute Gasteiger partial charge is 0.407 e. The van der Waals surface area contributed by atoms with Crippen molar-refractivity contribution in [3.8, 4) is 11.8 Å². The normalized spacial score (nSPS) is 26.7. The van der Waals surface area contributed by atoms with Gasteiger partial charge in [-0.05, 0) is 84.1 Å². The fourth-order valence-corrected chi connectivity index (χ4v) is 6.56. The number of hydrogen-bond acceptors (Lipinski definition) is 6. The van der Waals surface area contributed by atoms with E-state index >= 15 is 0 Å². The molecule has 0 bridgehead atoms. The fraction of sp³-hybridized carbons (Fsp3) is 0.667. The number of carbonyl (C=O) groups is 4. The van der Waals surface area contributed by atoms with Crippen molar-refractivity contribution in [2.24, 2.45) is 17.3 Å². The van der Waals surface area contributed by atoms with Crippen LogP contribution >= 0.6 is 11.3 Å². The summed E-state index contributed by atoms with van der Waals surface area (Å²) in [6.07, 6.45) is 5.29. The highest BCUT2D eigenvalue weighted by atomic mass is 32.1. The second-order valence-electron chi connectivity index (χ2n) is 12.5. The number of aromatic carboxylic acids is 1. The molecule has 0 aromatic carbocycles. The number of carboxylic acids is 1. The maximum Gasteiger partial charge on any atom is 0.407 e. The van der Waals surface area contributed by atoms with Gasteiger partial charge in [-0.1, -0.05) is 18.8 Å². The Morgan fingerprint density at radius 2 is 1.77 bits per heavy atom. The Kier molecular flexibility index (Phi) is 9.44. The molecule has 10 heteroatoms. The zero-order chi connectivity index (χ0) is 29.0. The molecule has 1 aromatic heterocycles. The molecule has 1 unspecified atom stereocenters. The number of hydrogen-bond donors (Lipinski definition) is 3. The lowest BCUT2D eigenvalue weighted by Crippen LogP contribution is -2.49. The Bertz CT molecular complexity index is 1180. The molecule has 2 aliphatic carbocycles. The first-order chi connectivity index (χ1) is 18.9. The summed E-state index contributed by atoms with van der Waals surface area (Å²) in [4.78, 5) is 52.7. The maximum absolute atomic E-state index is 14.1. The number of ether oxygens (including phenoxy) is 1. The molecule has 2 heterocycles. The molecule has 9 nitrogen and oxygen atoms in total. The van der Waals surface area contributed by atoms with Gasteiger partial charge in [0, 0.05) is 23.4 Å². The van der Waals surface area contributed by atoms with Gasteiger partial charge in [-0.25, -0.2) is 9.59 Å². The number of thiophene rings is 1. The van der Waals surface area contributed by atoms with Gasteiger partial charge in [-0.2, -0.15) is 0 Å². The number of rotatable bonds is 6. The number of carboxylic acid groups (broad SMARTS) is 1. The first-order valence-electron chi connectivity index (χ1n) is 14.4. The Morgan fingerprint density at radius 1 is 1.10 bits per heavy atom.